The molecule has 0 saturated carbocycles. The quantitative estimate of drug-likeness (QED) is 0.322. The third-order valence-corrected chi connectivity index (χ3v) is 4.88. The predicted octanol–water partition coefficient (Wildman–Crippen LogP) is 5.27. The first-order chi connectivity index (χ1) is 13.2. The summed E-state index contributed by atoms with van der Waals surface area (Å²) in [7, 11) is 0. The third-order valence-electron chi connectivity index (χ3n) is 4.88. The molecule has 0 spiro atoms. The predicted molar refractivity (Wildman–Crippen MR) is 104 cm³/mol. The van der Waals surface area contributed by atoms with Crippen LogP contribution in [0.15, 0.2) is 84.9 Å². The highest BCUT2D eigenvalue weighted by molar-refractivity contribution is 6.26. The summed E-state index contributed by atoms with van der Waals surface area (Å²) in [6.07, 6.45) is 0. The van der Waals surface area contributed by atoms with E-state index in [9.17, 15) is 9.59 Å². The first kappa shape index (κ1) is 15.5. The smallest absolute Gasteiger partial charge is 0.343 e. The Labute approximate surface area is 155 Å². The van der Waals surface area contributed by atoms with Crippen LogP contribution in [0.5, 0.6) is 5.75 Å². The second-order valence-electron chi connectivity index (χ2n) is 6.50. The summed E-state index contributed by atoms with van der Waals surface area (Å²) >= 11 is 0. The Morgan fingerprint density at radius 3 is 2.19 bits per heavy atom. The molecule has 0 heterocycles. The van der Waals surface area contributed by atoms with Crippen LogP contribution in [0.4, 0.5) is 0 Å². The van der Waals surface area contributed by atoms with Gasteiger partial charge in [0, 0.05) is 16.5 Å². The maximum Gasteiger partial charge on any atom is 0.343 e. The highest BCUT2D eigenvalue weighted by Gasteiger charge is 2.25. The van der Waals surface area contributed by atoms with E-state index in [1.54, 1.807) is 24.3 Å². The molecule has 1 aliphatic rings. The molecule has 0 fully saturated rings. The van der Waals surface area contributed by atoms with Gasteiger partial charge in [0.05, 0.1) is 5.56 Å². The topological polar surface area (TPSA) is 43.4 Å². The number of hydrogen-bond donors (Lipinski definition) is 0. The molecule has 0 N–H and O–H groups in total. The lowest BCUT2D eigenvalue weighted by Gasteiger charge is -2.20. The Morgan fingerprint density at radius 2 is 1.37 bits per heavy atom. The largest absolute Gasteiger partial charge is 0.423 e. The average molecular weight is 350 g/mol. The summed E-state index contributed by atoms with van der Waals surface area (Å²) in [6.45, 7) is 0. The summed E-state index contributed by atoms with van der Waals surface area (Å²) in [6, 6.07) is 25.7. The first-order valence-electron chi connectivity index (χ1n) is 8.70. The number of ether oxygens (including phenoxy) is 1. The zero-order valence-electron chi connectivity index (χ0n) is 14.3. The monoisotopic (exact) mass is 350 g/mol. The molecular weight excluding hydrogens is 336 g/mol. The second kappa shape index (κ2) is 5.92. The summed E-state index contributed by atoms with van der Waals surface area (Å²) < 4.78 is 5.63. The van der Waals surface area contributed by atoms with E-state index < -0.39 is 5.97 Å². The fourth-order valence-electron chi connectivity index (χ4n) is 3.66. The van der Waals surface area contributed by atoms with Crippen molar-refractivity contribution in [2.24, 2.45) is 0 Å². The van der Waals surface area contributed by atoms with Crippen LogP contribution in [0.3, 0.4) is 0 Å². The van der Waals surface area contributed by atoms with Gasteiger partial charge in [0.25, 0.3) is 0 Å². The molecule has 128 valence electrons. The van der Waals surface area contributed by atoms with Crippen LogP contribution in [0, 0.1) is 0 Å². The highest BCUT2D eigenvalue weighted by Crippen LogP contribution is 2.41. The van der Waals surface area contributed by atoms with Crippen molar-refractivity contribution in [1.82, 2.24) is 0 Å². The maximum absolute atomic E-state index is 12.9. The van der Waals surface area contributed by atoms with Crippen molar-refractivity contribution >= 4 is 22.5 Å². The molecule has 5 rings (SSSR count). The molecule has 0 bridgehead atoms. The lowest BCUT2D eigenvalue weighted by atomic mass is 9.83. The van der Waals surface area contributed by atoms with Crippen molar-refractivity contribution in [2.45, 2.75) is 0 Å². The minimum absolute atomic E-state index is 0.0257. The van der Waals surface area contributed by atoms with E-state index in [4.69, 9.17) is 4.74 Å². The van der Waals surface area contributed by atoms with Crippen LogP contribution >= 0.6 is 0 Å². The van der Waals surface area contributed by atoms with Crippen LogP contribution in [-0.4, -0.2) is 11.8 Å². The van der Waals surface area contributed by atoms with Crippen molar-refractivity contribution in [3.05, 3.63) is 102 Å². The van der Waals surface area contributed by atoms with Gasteiger partial charge in [-0.25, -0.2) is 4.79 Å². The Balaban J connectivity index is 1.69. The third kappa shape index (κ3) is 2.44. The van der Waals surface area contributed by atoms with Gasteiger partial charge in [0.1, 0.15) is 5.75 Å². The molecule has 0 aliphatic heterocycles. The average Bonchev–Trinajstić information content (AvgIpc) is 2.72. The van der Waals surface area contributed by atoms with Gasteiger partial charge in [-0.1, -0.05) is 60.7 Å². The van der Waals surface area contributed by atoms with Crippen LogP contribution in [0.25, 0.3) is 21.9 Å². The molecule has 3 heteroatoms. The molecule has 0 unspecified atom stereocenters. The molecule has 4 aromatic rings. The highest BCUT2D eigenvalue weighted by atomic mass is 16.5. The lowest BCUT2D eigenvalue weighted by Crippen LogP contribution is -2.11. The molecular formula is C24H14O3. The zero-order chi connectivity index (χ0) is 18.4. The molecule has 3 nitrogen and oxygen atoms in total. The van der Waals surface area contributed by atoms with Crippen molar-refractivity contribution in [1.29, 1.82) is 0 Å². The van der Waals surface area contributed by atoms with Gasteiger partial charge >= 0.3 is 5.97 Å². The van der Waals surface area contributed by atoms with E-state index in [0.29, 0.717) is 22.4 Å². The van der Waals surface area contributed by atoms with E-state index in [0.717, 1.165) is 21.9 Å². The van der Waals surface area contributed by atoms with E-state index in [2.05, 4.69) is 0 Å². The SMILES string of the molecule is O=C(Oc1cc2c3c(cccc3c1)C(=O)c1ccccc1-2)c1ccccc1. The Bertz CT molecular complexity index is 1220. The normalized spacial score (nSPS) is 11.9. The van der Waals surface area contributed by atoms with Gasteiger partial charge in [0.2, 0.25) is 0 Å². The lowest BCUT2D eigenvalue weighted by molar-refractivity contribution is 0.0735. The second-order valence-corrected chi connectivity index (χ2v) is 6.50. The molecule has 4 aromatic carbocycles. The summed E-state index contributed by atoms with van der Waals surface area (Å²) in [4.78, 5) is 25.3. The molecule has 0 aromatic heterocycles. The maximum atomic E-state index is 12.9. The van der Waals surface area contributed by atoms with E-state index >= 15 is 0 Å². The molecule has 0 atom stereocenters. The van der Waals surface area contributed by atoms with Gasteiger partial charge in [-0.15, -0.1) is 0 Å². The number of ketones is 1. The molecule has 0 radical (unpaired) electrons. The number of benzene rings is 4. The van der Waals surface area contributed by atoms with Gasteiger partial charge in [-0.3, -0.25) is 4.79 Å². The molecule has 1 aliphatic carbocycles. The van der Waals surface area contributed by atoms with Crippen LogP contribution in [0.1, 0.15) is 26.3 Å². The molecule has 27 heavy (non-hydrogen) atoms. The fourth-order valence-corrected chi connectivity index (χ4v) is 3.66. The number of esters is 1. The fraction of sp³-hybridized carbons (Fsp3) is 0. The van der Waals surface area contributed by atoms with Crippen LogP contribution < -0.4 is 4.74 Å². The van der Waals surface area contributed by atoms with Crippen molar-refractivity contribution in [3.63, 3.8) is 0 Å². The number of carbonyl (C=O) groups is 2. The Hall–Kier alpha value is -3.72. The molecule has 0 saturated heterocycles. The zero-order valence-corrected chi connectivity index (χ0v) is 14.3. The van der Waals surface area contributed by atoms with Crippen molar-refractivity contribution in [2.75, 3.05) is 0 Å². The van der Waals surface area contributed by atoms with Gasteiger partial charge in [-0.05, 0) is 40.8 Å². The van der Waals surface area contributed by atoms with E-state index in [1.165, 1.54) is 0 Å². The summed E-state index contributed by atoms with van der Waals surface area (Å²) in [5, 5.41) is 1.78. The minimum Gasteiger partial charge on any atom is -0.423 e. The number of rotatable bonds is 2. The van der Waals surface area contributed by atoms with Crippen LogP contribution in [-0.2, 0) is 0 Å². The first-order valence-corrected chi connectivity index (χ1v) is 8.70. The number of hydrogen-bond acceptors (Lipinski definition) is 3. The standard InChI is InChI=1S/C24H14O3/c25-23-19-11-5-4-10-18(19)21-14-17(13-16-9-6-12-20(23)22(16)21)27-24(26)15-7-2-1-3-8-15/h1-14H. The van der Waals surface area contributed by atoms with Crippen LogP contribution in [0.2, 0.25) is 0 Å². The van der Waals surface area contributed by atoms with Gasteiger partial charge in [-0.2, -0.15) is 0 Å². The van der Waals surface area contributed by atoms with Crippen molar-refractivity contribution < 1.29 is 14.3 Å². The van der Waals surface area contributed by atoms with E-state index in [-0.39, 0.29) is 5.78 Å². The number of fused-ring (bicyclic) bond motifs is 2. The minimum atomic E-state index is -0.404. The molecule has 0 amide bonds. The van der Waals surface area contributed by atoms with Gasteiger partial charge in [0.15, 0.2) is 5.78 Å². The van der Waals surface area contributed by atoms with E-state index in [1.807, 2.05) is 60.7 Å². The van der Waals surface area contributed by atoms with Gasteiger partial charge < -0.3 is 4.74 Å². The Morgan fingerprint density at radius 1 is 0.667 bits per heavy atom. The van der Waals surface area contributed by atoms with Crippen molar-refractivity contribution in [3.8, 4) is 16.9 Å². The number of carbonyl (C=O) groups excluding carboxylic acids is 2. The Kier molecular flexibility index (Phi) is 3.41. The summed E-state index contributed by atoms with van der Waals surface area (Å²) in [5.74, 6) is 0.0869. The summed E-state index contributed by atoms with van der Waals surface area (Å²) in [5.41, 5.74) is 3.62.